The van der Waals surface area contributed by atoms with Gasteiger partial charge in [-0.15, -0.1) is 13.2 Å². The second-order valence-corrected chi connectivity index (χ2v) is 2.82. The van der Waals surface area contributed by atoms with Crippen LogP contribution >= 0.6 is 0 Å². The van der Waals surface area contributed by atoms with Crippen LogP contribution in [0.25, 0.3) is 0 Å². The first kappa shape index (κ1) is 13.2. The number of rotatable bonds is 4. The molecule has 0 atom stereocenters. The summed E-state index contributed by atoms with van der Waals surface area (Å²) >= 11 is 0. The average Bonchev–Trinajstić information content (AvgIpc) is 2.26. The maximum absolute atomic E-state index is 12.6. The number of hydrogen-bond donors (Lipinski definition) is 0. The first-order valence-corrected chi connectivity index (χ1v) is 4.25. The van der Waals surface area contributed by atoms with Crippen LogP contribution in [0, 0.1) is 0 Å². The van der Waals surface area contributed by atoms with Gasteiger partial charge >= 0.3 is 6.36 Å². The fourth-order valence-electron chi connectivity index (χ4n) is 1.16. The van der Waals surface area contributed by atoms with Crippen LogP contribution in [0.1, 0.15) is 15.9 Å². The molecule has 0 N–H and O–H groups in total. The molecule has 17 heavy (non-hydrogen) atoms. The van der Waals surface area contributed by atoms with Crippen molar-refractivity contribution in [1.29, 1.82) is 0 Å². The van der Waals surface area contributed by atoms with Crippen molar-refractivity contribution in [2.75, 3.05) is 7.11 Å². The normalized spacial score (nSPS) is 11.1. The van der Waals surface area contributed by atoms with Crippen molar-refractivity contribution in [3.63, 3.8) is 0 Å². The Hall–Kier alpha value is -1.86. The quantitative estimate of drug-likeness (QED) is 0.610. The Balaban J connectivity index is 3.28. The largest absolute Gasteiger partial charge is 0.573 e. The van der Waals surface area contributed by atoms with E-state index in [1.807, 2.05) is 0 Å². The number of hydrogen-bond acceptors (Lipinski definition) is 4. The Labute approximate surface area is 93.2 Å². The van der Waals surface area contributed by atoms with Crippen molar-refractivity contribution in [3.8, 4) is 11.6 Å². The highest BCUT2D eigenvalue weighted by molar-refractivity contribution is 5.81. The zero-order valence-electron chi connectivity index (χ0n) is 8.55. The summed E-state index contributed by atoms with van der Waals surface area (Å²) in [6.45, 7) is -1.31. The van der Waals surface area contributed by atoms with Crippen molar-refractivity contribution in [2.24, 2.45) is 0 Å². The van der Waals surface area contributed by atoms with E-state index in [1.54, 1.807) is 0 Å². The van der Waals surface area contributed by atoms with E-state index >= 15 is 0 Å². The second kappa shape index (κ2) is 4.98. The van der Waals surface area contributed by atoms with Gasteiger partial charge in [-0.2, -0.15) is 0 Å². The molecule has 0 saturated carbocycles. The first-order valence-electron chi connectivity index (χ1n) is 4.25. The van der Waals surface area contributed by atoms with Gasteiger partial charge in [-0.25, -0.2) is 9.37 Å². The molecule has 0 amide bonds. The molecule has 0 spiro atoms. The lowest BCUT2D eigenvalue weighted by Gasteiger charge is -2.13. The number of methoxy groups -OCH3 is 1. The third kappa shape index (κ3) is 3.05. The highest BCUT2D eigenvalue weighted by atomic mass is 19.4. The average molecular weight is 253 g/mol. The Kier molecular flexibility index (Phi) is 3.87. The molecular formula is C9H7F4NO3. The van der Waals surface area contributed by atoms with Crippen molar-refractivity contribution in [1.82, 2.24) is 4.98 Å². The van der Waals surface area contributed by atoms with E-state index < -0.39 is 29.9 Å². The SMILES string of the molecule is COc1ncc(OC(F)(F)F)c(CF)c1C=O. The summed E-state index contributed by atoms with van der Waals surface area (Å²) < 4.78 is 56.8. The summed E-state index contributed by atoms with van der Waals surface area (Å²) in [7, 11) is 1.15. The lowest BCUT2D eigenvalue weighted by atomic mass is 10.1. The third-order valence-electron chi connectivity index (χ3n) is 1.82. The number of nitrogens with zero attached hydrogens (tertiary/aromatic N) is 1. The standard InChI is InChI=1S/C9H7F4NO3/c1-16-8-6(4-15)5(2-10)7(3-14-8)17-9(11,12)13/h3-4H,2H2,1H3. The first-order chi connectivity index (χ1) is 7.92. The lowest BCUT2D eigenvalue weighted by molar-refractivity contribution is -0.275. The molecule has 0 radical (unpaired) electrons. The van der Waals surface area contributed by atoms with Crippen LogP contribution in [-0.4, -0.2) is 24.7 Å². The van der Waals surface area contributed by atoms with Crippen molar-refractivity contribution < 1.29 is 31.8 Å². The van der Waals surface area contributed by atoms with Gasteiger partial charge in [0.05, 0.1) is 18.9 Å². The number of pyridine rings is 1. The fourth-order valence-corrected chi connectivity index (χ4v) is 1.16. The summed E-state index contributed by atoms with van der Waals surface area (Å²) in [4.78, 5) is 14.1. The molecule has 8 heteroatoms. The minimum atomic E-state index is -4.99. The minimum Gasteiger partial charge on any atom is -0.480 e. The van der Waals surface area contributed by atoms with Crippen LogP contribution in [0.2, 0.25) is 0 Å². The summed E-state index contributed by atoms with van der Waals surface area (Å²) in [6, 6.07) is 0. The van der Waals surface area contributed by atoms with Gasteiger partial charge in [-0.05, 0) is 0 Å². The molecule has 1 rings (SSSR count). The molecular weight excluding hydrogens is 246 g/mol. The van der Waals surface area contributed by atoms with E-state index in [4.69, 9.17) is 0 Å². The van der Waals surface area contributed by atoms with Crippen molar-refractivity contribution >= 4 is 6.29 Å². The molecule has 1 heterocycles. The molecule has 1 aromatic rings. The van der Waals surface area contributed by atoms with Gasteiger partial charge in [0.2, 0.25) is 5.88 Å². The molecule has 0 saturated heterocycles. The van der Waals surface area contributed by atoms with Gasteiger partial charge in [-0.3, -0.25) is 4.79 Å². The minimum absolute atomic E-state index is 0.157. The van der Waals surface area contributed by atoms with Crippen molar-refractivity contribution in [2.45, 2.75) is 13.0 Å². The molecule has 0 aliphatic carbocycles. The molecule has 0 unspecified atom stereocenters. The van der Waals surface area contributed by atoms with Gasteiger partial charge in [0.15, 0.2) is 12.0 Å². The smallest absolute Gasteiger partial charge is 0.480 e. The Morgan fingerprint density at radius 3 is 2.53 bits per heavy atom. The van der Waals surface area contributed by atoms with E-state index in [0.29, 0.717) is 6.20 Å². The highest BCUT2D eigenvalue weighted by Crippen LogP contribution is 2.31. The number of carbonyl (C=O) groups is 1. The number of aldehydes is 1. The van der Waals surface area contributed by atoms with Crippen LogP contribution in [0.15, 0.2) is 6.20 Å². The topological polar surface area (TPSA) is 48.4 Å². The van der Waals surface area contributed by atoms with Crippen LogP contribution < -0.4 is 9.47 Å². The Morgan fingerprint density at radius 2 is 2.12 bits per heavy atom. The molecule has 0 aromatic carbocycles. The molecule has 1 aromatic heterocycles. The summed E-state index contributed by atoms with van der Waals surface area (Å²) in [5.74, 6) is -1.12. The molecule has 94 valence electrons. The Morgan fingerprint density at radius 1 is 1.47 bits per heavy atom. The highest BCUT2D eigenvalue weighted by Gasteiger charge is 2.33. The Bertz CT molecular complexity index is 419. The van der Waals surface area contributed by atoms with Crippen LogP contribution in [-0.2, 0) is 6.67 Å². The van der Waals surface area contributed by atoms with Gasteiger partial charge in [-0.1, -0.05) is 0 Å². The van der Waals surface area contributed by atoms with E-state index in [9.17, 15) is 22.4 Å². The van der Waals surface area contributed by atoms with Gasteiger partial charge in [0.1, 0.15) is 6.67 Å². The van der Waals surface area contributed by atoms with E-state index in [0.717, 1.165) is 7.11 Å². The number of aromatic nitrogens is 1. The van der Waals surface area contributed by atoms with Gasteiger partial charge in [0, 0.05) is 5.56 Å². The second-order valence-electron chi connectivity index (χ2n) is 2.82. The zero-order valence-corrected chi connectivity index (χ0v) is 8.55. The zero-order chi connectivity index (χ0) is 13.1. The maximum Gasteiger partial charge on any atom is 0.573 e. The van der Waals surface area contributed by atoms with E-state index in [2.05, 4.69) is 14.5 Å². The van der Waals surface area contributed by atoms with Gasteiger partial charge in [0.25, 0.3) is 0 Å². The van der Waals surface area contributed by atoms with Crippen LogP contribution in [0.3, 0.4) is 0 Å². The molecule has 0 aliphatic heterocycles. The van der Waals surface area contributed by atoms with Crippen LogP contribution in [0.4, 0.5) is 17.6 Å². The molecule has 4 nitrogen and oxygen atoms in total. The number of alkyl halides is 4. The predicted molar refractivity (Wildman–Crippen MR) is 47.7 cm³/mol. The van der Waals surface area contributed by atoms with E-state index in [-0.39, 0.29) is 12.2 Å². The van der Waals surface area contributed by atoms with Gasteiger partial charge < -0.3 is 9.47 Å². The van der Waals surface area contributed by atoms with E-state index in [1.165, 1.54) is 0 Å². The lowest BCUT2D eigenvalue weighted by Crippen LogP contribution is -2.19. The number of carbonyl (C=O) groups excluding carboxylic acids is 1. The number of ether oxygens (including phenoxy) is 2. The maximum atomic E-state index is 12.6. The monoisotopic (exact) mass is 253 g/mol. The third-order valence-corrected chi connectivity index (χ3v) is 1.82. The summed E-state index contributed by atoms with van der Waals surface area (Å²) in [5, 5.41) is 0. The van der Waals surface area contributed by atoms with Crippen molar-refractivity contribution in [3.05, 3.63) is 17.3 Å². The molecule has 0 bridgehead atoms. The number of halogens is 4. The molecule has 0 aliphatic rings. The van der Waals surface area contributed by atoms with Crippen LogP contribution in [0.5, 0.6) is 11.6 Å². The summed E-state index contributed by atoms with van der Waals surface area (Å²) in [6.07, 6.45) is -4.18. The molecule has 0 fully saturated rings. The summed E-state index contributed by atoms with van der Waals surface area (Å²) in [5.41, 5.74) is -0.957. The fraction of sp³-hybridized carbons (Fsp3) is 0.333. The predicted octanol–water partition coefficient (Wildman–Crippen LogP) is 2.27.